The van der Waals surface area contributed by atoms with Crippen LogP contribution < -0.4 is 0 Å². The molecule has 130 valence electrons. The minimum Gasteiger partial charge on any atom is -0.492 e. The van der Waals surface area contributed by atoms with Crippen molar-refractivity contribution in [2.24, 2.45) is 0 Å². The summed E-state index contributed by atoms with van der Waals surface area (Å²) in [5.41, 5.74) is 0.113. The van der Waals surface area contributed by atoms with Crippen molar-refractivity contribution in [1.82, 2.24) is 9.55 Å². The highest BCUT2D eigenvalue weighted by molar-refractivity contribution is 5.89. The van der Waals surface area contributed by atoms with Gasteiger partial charge in [-0.3, -0.25) is 4.57 Å². The molecule has 0 bridgehead atoms. The lowest BCUT2D eigenvalue weighted by atomic mass is 10.1. The Morgan fingerprint density at radius 1 is 1.32 bits per heavy atom. The topological polar surface area (TPSA) is 138 Å². The minimum atomic E-state index is -1.40. The van der Waals surface area contributed by atoms with Crippen LogP contribution in [0.4, 0.5) is 0 Å². The van der Waals surface area contributed by atoms with E-state index in [-0.39, 0.29) is 12.3 Å². The summed E-state index contributed by atoms with van der Waals surface area (Å²) in [5.74, 6) is -1.08. The van der Waals surface area contributed by atoms with E-state index in [1.807, 2.05) is 0 Å². The third kappa shape index (κ3) is 3.18. The van der Waals surface area contributed by atoms with Gasteiger partial charge in [-0.2, -0.15) is 5.26 Å². The third-order valence-corrected chi connectivity index (χ3v) is 3.87. The molecule has 0 unspecified atom stereocenters. The first-order valence-electron chi connectivity index (χ1n) is 7.42. The molecular weight excluding hydrogens is 330 g/mol. The molecule has 0 amide bonds. The quantitative estimate of drug-likeness (QED) is 0.655. The maximum absolute atomic E-state index is 11.9. The zero-order valence-electron chi connectivity index (χ0n) is 12.9. The average Bonchev–Trinajstić information content (AvgIpc) is 3.14. The summed E-state index contributed by atoms with van der Waals surface area (Å²) < 4.78 is 11.6. The van der Waals surface area contributed by atoms with Crippen LogP contribution in [0, 0.1) is 11.3 Å². The Morgan fingerprint density at radius 2 is 2.04 bits per heavy atom. The lowest BCUT2D eigenvalue weighted by Crippen LogP contribution is -2.34. The number of rotatable bonds is 4. The molecule has 4 atom stereocenters. The zero-order chi connectivity index (χ0) is 18.0. The molecule has 0 spiro atoms. The van der Waals surface area contributed by atoms with Gasteiger partial charge in [-0.25, -0.2) is 9.78 Å². The first-order chi connectivity index (χ1) is 12.0. The van der Waals surface area contributed by atoms with Crippen molar-refractivity contribution in [2.75, 3.05) is 6.61 Å². The number of aliphatic hydroxyl groups is 2. The number of hydrogen-bond acceptors (Lipinski definition) is 8. The van der Waals surface area contributed by atoms with E-state index >= 15 is 0 Å². The highest BCUT2D eigenvalue weighted by Crippen LogP contribution is 2.33. The molecule has 3 rings (SSSR count). The van der Waals surface area contributed by atoms with Crippen LogP contribution in [0.3, 0.4) is 0 Å². The monoisotopic (exact) mass is 345 g/mol. The predicted octanol–water partition coefficient (Wildman–Crippen LogP) is -0.0634. The van der Waals surface area contributed by atoms with Gasteiger partial charge in [-0.05, 0) is 12.1 Å². The number of carbonyl (C=O) groups is 1. The van der Waals surface area contributed by atoms with E-state index in [2.05, 4.69) is 4.98 Å². The van der Waals surface area contributed by atoms with Gasteiger partial charge in [-0.1, -0.05) is 18.2 Å². The molecule has 1 fully saturated rings. The van der Waals surface area contributed by atoms with Crippen LogP contribution in [-0.4, -0.2) is 55.8 Å². The molecule has 0 radical (unpaired) electrons. The Kier molecular flexibility index (Phi) is 4.67. The number of aromatic hydroxyl groups is 1. The molecule has 25 heavy (non-hydrogen) atoms. The van der Waals surface area contributed by atoms with Gasteiger partial charge in [0, 0.05) is 0 Å². The molecule has 9 nitrogen and oxygen atoms in total. The molecule has 3 N–H and O–H groups in total. The van der Waals surface area contributed by atoms with Gasteiger partial charge in [0.1, 0.15) is 37.3 Å². The van der Waals surface area contributed by atoms with Crippen molar-refractivity contribution in [1.29, 1.82) is 5.26 Å². The molecule has 0 saturated carbocycles. The summed E-state index contributed by atoms with van der Waals surface area (Å²) in [6.07, 6.45) is -3.79. The lowest BCUT2D eigenvalue weighted by molar-refractivity contribution is -0.0601. The third-order valence-electron chi connectivity index (χ3n) is 3.87. The van der Waals surface area contributed by atoms with E-state index in [0.29, 0.717) is 5.56 Å². The zero-order valence-corrected chi connectivity index (χ0v) is 12.9. The normalized spacial score (nSPS) is 25.5. The molecule has 1 aromatic carbocycles. The molecule has 1 saturated heterocycles. The van der Waals surface area contributed by atoms with Gasteiger partial charge >= 0.3 is 5.97 Å². The summed E-state index contributed by atoms with van der Waals surface area (Å²) in [5, 5.41) is 38.9. The second-order valence-corrected chi connectivity index (χ2v) is 5.45. The van der Waals surface area contributed by atoms with E-state index in [4.69, 9.17) is 14.7 Å². The molecule has 2 heterocycles. The summed E-state index contributed by atoms with van der Waals surface area (Å²) in [4.78, 5) is 15.6. The lowest BCUT2D eigenvalue weighted by Gasteiger charge is -2.16. The fourth-order valence-corrected chi connectivity index (χ4v) is 2.53. The average molecular weight is 345 g/mol. The maximum atomic E-state index is 11.9. The van der Waals surface area contributed by atoms with Gasteiger partial charge in [0.2, 0.25) is 11.6 Å². The van der Waals surface area contributed by atoms with Crippen molar-refractivity contribution in [3.05, 3.63) is 47.9 Å². The Morgan fingerprint density at radius 3 is 2.68 bits per heavy atom. The highest BCUT2D eigenvalue weighted by atomic mass is 16.6. The van der Waals surface area contributed by atoms with Crippen LogP contribution in [0.25, 0.3) is 0 Å². The van der Waals surface area contributed by atoms with Gasteiger partial charge in [0.05, 0.1) is 5.56 Å². The van der Waals surface area contributed by atoms with Crippen LogP contribution in [0.2, 0.25) is 0 Å². The Hall–Kier alpha value is -2.93. The molecule has 0 aliphatic carbocycles. The van der Waals surface area contributed by atoms with Gasteiger partial charge in [0.15, 0.2) is 6.23 Å². The molecule has 1 aromatic heterocycles. The summed E-state index contributed by atoms with van der Waals surface area (Å²) in [6, 6.07) is 9.98. The summed E-state index contributed by atoms with van der Waals surface area (Å²) in [7, 11) is 0. The van der Waals surface area contributed by atoms with Crippen LogP contribution in [0.1, 0.15) is 22.3 Å². The SMILES string of the molecule is N#Cc1ncn([C@@H]2O[C@H](COC(=O)c3ccccc3)[C@@H](O)[C@H]2O)c1O. The fraction of sp³-hybridized carbons (Fsp3) is 0.312. The molecule has 9 heteroatoms. The van der Waals surface area contributed by atoms with Crippen LogP contribution in [0.5, 0.6) is 5.88 Å². The van der Waals surface area contributed by atoms with Crippen LogP contribution in [-0.2, 0) is 9.47 Å². The van der Waals surface area contributed by atoms with Crippen molar-refractivity contribution in [3.63, 3.8) is 0 Å². The number of ether oxygens (including phenoxy) is 2. The first-order valence-corrected chi connectivity index (χ1v) is 7.42. The standard InChI is InChI=1S/C16H15N3O6/c17-6-10-14(22)19(8-18-10)15-13(21)12(20)11(25-15)7-24-16(23)9-4-2-1-3-5-9/h1-5,8,11-13,15,20-22H,7H2/t11-,12-,13-,15-/m1/s1. The van der Waals surface area contributed by atoms with Crippen LogP contribution in [0.15, 0.2) is 36.7 Å². The van der Waals surface area contributed by atoms with Gasteiger partial charge < -0.3 is 24.8 Å². The number of aromatic nitrogens is 2. The van der Waals surface area contributed by atoms with Crippen molar-refractivity contribution < 1.29 is 29.6 Å². The van der Waals surface area contributed by atoms with Gasteiger partial charge in [-0.15, -0.1) is 0 Å². The predicted molar refractivity (Wildman–Crippen MR) is 81.3 cm³/mol. The number of aliphatic hydroxyl groups excluding tert-OH is 2. The second kappa shape index (κ2) is 6.90. The fourth-order valence-electron chi connectivity index (χ4n) is 2.53. The van der Waals surface area contributed by atoms with E-state index in [1.54, 1.807) is 36.4 Å². The summed E-state index contributed by atoms with van der Waals surface area (Å²) in [6.45, 7) is -0.289. The molecular formula is C16H15N3O6. The van der Waals surface area contributed by atoms with E-state index in [0.717, 1.165) is 10.9 Å². The number of imidazole rings is 1. The maximum Gasteiger partial charge on any atom is 0.338 e. The largest absolute Gasteiger partial charge is 0.492 e. The smallest absolute Gasteiger partial charge is 0.338 e. The number of nitrogens with zero attached hydrogens (tertiary/aromatic N) is 3. The number of esters is 1. The Bertz CT molecular complexity index is 800. The summed E-state index contributed by atoms with van der Waals surface area (Å²) >= 11 is 0. The number of hydrogen-bond donors (Lipinski definition) is 3. The highest BCUT2D eigenvalue weighted by Gasteiger charge is 2.45. The number of carbonyl (C=O) groups excluding carboxylic acids is 1. The second-order valence-electron chi connectivity index (χ2n) is 5.45. The molecule has 1 aliphatic rings. The van der Waals surface area contributed by atoms with E-state index in [9.17, 15) is 20.1 Å². The van der Waals surface area contributed by atoms with E-state index in [1.165, 1.54) is 0 Å². The molecule has 2 aromatic rings. The van der Waals surface area contributed by atoms with E-state index < -0.39 is 36.4 Å². The number of benzene rings is 1. The molecule has 1 aliphatic heterocycles. The van der Waals surface area contributed by atoms with Crippen molar-refractivity contribution in [3.8, 4) is 11.9 Å². The van der Waals surface area contributed by atoms with Gasteiger partial charge in [0.25, 0.3) is 0 Å². The number of nitriles is 1. The van der Waals surface area contributed by atoms with Crippen molar-refractivity contribution in [2.45, 2.75) is 24.5 Å². The Balaban J connectivity index is 1.67. The first kappa shape index (κ1) is 16.9. The van der Waals surface area contributed by atoms with Crippen LogP contribution >= 0.6 is 0 Å². The van der Waals surface area contributed by atoms with Crippen molar-refractivity contribution >= 4 is 5.97 Å². The Labute approximate surface area is 142 Å². The minimum absolute atomic E-state index is 0.232.